The van der Waals surface area contributed by atoms with E-state index in [9.17, 15) is 0 Å². The summed E-state index contributed by atoms with van der Waals surface area (Å²) < 4.78 is 12.2. The molecule has 23 heavy (non-hydrogen) atoms. The van der Waals surface area contributed by atoms with E-state index in [1.54, 1.807) is 0 Å². The lowest BCUT2D eigenvalue weighted by atomic mass is 9.78. The van der Waals surface area contributed by atoms with Gasteiger partial charge in [0, 0.05) is 0 Å². The lowest BCUT2D eigenvalue weighted by Crippen LogP contribution is -2.41. The zero-order valence-electron chi connectivity index (χ0n) is 14.8. The summed E-state index contributed by atoms with van der Waals surface area (Å²) in [5.74, 6) is 0. The van der Waals surface area contributed by atoms with E-state index in [2.05, 4.69) is 71.9 Å². The molecule has 5 heteroatoms. The Balaban J connectivity index is 0.000000816. The largest absolute Gasteiger partial charge is 0.494 e. The zero-order chi connectivity index (χ0) is 17.7. The first-order chi connectivity index (χ1) is 10.7. The molecular formula is C18H25BO4. The van der Waals surface area contributed by atoms with Gasteiger partial charge in [0.2, 0.25) is 0 Å². The second-order valence-electron chi connectivity index (χ2n) is 6.60. The van der Waals surface area contributed by atoms with Crippen molar-refractivity contribution in [2.24, 2.45) is 0 Å². The molecule has 124 valence electrons. The molecule has 0 aliphatic carbocycles. The molecule has 0 atom stereocenters. The summed E-state index contributed by atoms with van der Waals surface area (Å²) in [6, 6.07) is 6.41. The number of hydrogen-bond acceptors (Lipinski definition) is 4. The SMILES string of the molecule is CC/C=C/c1ccc(B2OC(C)(C)C(C)(C)O2)cc1C.O=C=O. The average molecular weight is 316 g/mol. The van der Waals surface area contributed by atoms with Gasteiger partial charge in [0.1, 0.15) is 0 Å². The number of hydrogen-bond donors (Lipinski definition) is 0. The third-order valence-electron chi connectivity index (χ3n) is 4.35. The molecule has 0 amide bonds. The van der Waals surface area contributed by atoms with Gasteiger partial charge in [-0.3, -0.25) is 0 Å². The van der Waals surface area contributed by atoms with Gasteiger partial charge in [0.15, 0.2) is 0 Å². The maximum absolute atomic E-state index is 8.12. The van der Waals surface area contributed by atoms with E-state index in [-0.39, 0.29) is 24.5 Å². The summed E-state index contributed by atoms with van der Waals surface area (Å²) in [4.78, 5) is 16.2. The molecule has 1 aromatic rings. The lowest BCUT2D eigenvalue weighted by Gasteiger charge is -2.32. The summed E-state index contributed by atoms with van der Waals surface area (Å²) >= 11 is 0. The molecule has 0 saturated carbocycles. The van der Waals surface area contributed by atoms with Gasteiger partial charge in [-0.2, -0.15) is 9.59 Å². The van der Waals surface area contributed by atoms with E-state index >= 15 is 0 Å². The van der Waals surface area contributed by atoms with Crippen LogP contribution < -0.4 is 5.46 Å². The highest BCUT2D eigenvalue weighted by Crippen LogP contribution is 2.36. The number of allylic oxidation sites excluding steroid dienone is 1. The van der Waals surface area contributed by atoms with Crippen molar-refractivity contribution in [2.75, 3.05) is 0 Å². The quantitative estimate of drug-likeness (QED) is 0.804. The third kappa shape index (κ3) is 4.65. The molecule has 0 unspecified atom stereocenters. The van der Waals surface area contributed by atoms with Crippen molar-refractivity contribution in [3.63, 3.8) is 0 Å². The lowest BCUT2D eigenvalue weighted by molar-refractivity contribution is -0.191. The van der Waals surface area contributed by atoms with Crippen molar-refractivity contribution < 1.29 is 18.9 Å². The Morgan fingerprint density at radius 3 is 2.09 bits per heavy atom. The highest BCUT2D eigenvalue weighted by molar-refractivity contribution is 6.62. The van der Waals surface area contributed by atoms with Crippen molar-refractivity contribution in [2.45, 2.75) is 59.2 Å². The average Bonchev–Trinajstić information content (AvgIpc) is 2.67. The van der Waals surface area contributed by atoms with Crippen LogP contribution >= 0.6 is 0 Å². The van der Waals surface area contributed by atoms with Crippen LogP contribution in [0, 0.1) is 6.92 Å². The van der Waals surface area contributed by atoms with Crippen LogP contribution in [0.4, 0.5) is 0 Å². The topological polar surface area (TPSA) is 52.6 Å². The molecular weight excluding hydrogens is 291 g/mol. The standard InChI is InChI=1S/C17H25BO2.CO2/c1-7-8-9-14-10-11-15(12-13(14)2)18-19-16(3,4)17(5,6)20-18;2-1-3/h8-12H,7H2,1-6H3;/b9-8+;. The molecule has 1 fully saturated rings. The van der Waals surface area contributed by atoms with Crippen molar-refractivity contribution >= 4 is 24.8 Å². The van der Waals surface area contributed by atoms with Crippen LogP contribution in [-0.2, 0) is 18.9 Å². The van der Waals surface area contributed by atoms with Crippen molar-refractivity contribution in [3.8, 4) is 0 Å². The summed E-state index contributed by atoms with van der Waals surface area (Å²) in [7, 11) is -0.275. The molecule has 1 aliphatic heterocycles. The van der Waals surface area contributed by atoms with E-state index in [0.29, 0.717) is 0 Å². The molecule has 4 nitrogen and oxygen atoms in total. The van der Waals surface area contributed by atoms with Crippen molar-refractivity contribution in [3.05, 3.63) is 35.4 Å². The first kappa shape index (κ1) is 19.4. The highest BCUT2D eigenvalue weighted by Gasteiger charge is 2.51. The van der Waals surface area contributed by atoms with Crippen LogP contribution in [0.1, 0.15) is 52.2 Å². The number of aryl methyl sites for hydroxylation is 1. The van der Waals surface area contributed by atoms with Gasteiger partial charge >= 0.3 is 13.3 Å². The summed E-state index contributed by atoms with van der Waals surface area (Å²) in [6.07, 6.45) is 5.65. The van der Waals surface area contributed by atoms with Gasteiger partial charge in [0.25, 0.3) is 0 Å². The molecule has 1 aromatic carbocycles. The molecule has 1 aliphatic rings. The fourth-order valence-electron chi connectivity index (χ4n) is 2.26. The van der Waals surface area contributed by atoms with Gasteiger partial charge in [-0.05, 0) is 57.6 Å². The minimum atomic E-state index is -0.285. The van der Waals surface area contributed by atoms with Crippen LogP contribution in [-0.4, -0.2) is 24.5 Å². The minimum absolute atomic E-state index is 0.250. The van der Waals surface area contributed by atoms with E-state index < -0.39 is 0 Å². The van der Waals surface area contributed by atoms with Crippen molar-refractivity contribution in [1.82, 2.24) is 0 Å². The zero-order valence-corrected chi connectivity index (χ0v) is 14.8. The van der Waals surface area contributed by atoms with E-state index in [0.717, 1.165) is 11.9 Å². The molecule has 0 bridgehead atoms. The smallest absolute Gasteiger partial charge is 0.399 e. The number of rotatable bonds is 3. The Bertz CT molecular complexity index is 583. The van der Waals surface area contributed by atoms with E-state index in [1.807, 2.05) is 0 Å². The first-order valence-electron chi connectivity index (χ1n) is 7.80. The fraction of sp³-hybridized carbons (Fsp3) is 0.500. The number of carbonyl (C=O) groups excluding carboxylic acids is 2. The van der Waals surface area contributed by atoms with Crippen LogP contribution in [0.2, 0.25) is 0 Å². The molecule has 0 radical (unpaired) electrons. The van der Waals surface area contributed by atoms with Crippen LogP contribution in [0.15, 0.2) is 24.3 Å². The molecule has 0 spiro atoms. The maximum atomic E-state index is 8.12. The predicted molar refractivity (Wildman–Crippen MR) is 91.2 cm³/mol. The van der Waals surface area contributed by atoms with Gasteiger partial charge in [-0.1, -0.05) is 37.3 Å². The van der Waals surface area contributed by atoms with Gasteiger partial charge in [0.05, 0.1) is 11.2 Å². The maximum Gasteiger partial charge on any atom is 0.494 e. The Labute approximate surface area is 139 Å². The minimum Gasteiger partial charge on any atom is -0.399 e. The number of benzene rings is 1. The summed E-state index contributed by atoms with van der Waals surface area (Å²) in [6.45, 7) is 12.6. The molecule has 1 heterocycles. The Morgan fingerprint density at radius 2 is 1.65 bits per heavy atom. The Morgan fingerprint density at radius 1 is 1.13 bits per heavy atom. The normalized spacial score (nSPS) is 18.4. The van der Waals surface area contributed by atoms with Crippen LogP contribution in [0.3, 0.4) is 0 Å². The Hall–Kier alpha value is -1.68. The second kappa shape index (κ2) is 7.74. The molecule has 2 rings (SSSR count). The molecule has 0 aromatic heterocycles. The molecule has 1 saturated heterocycles. The van der Waals surface area contributed by atoms with Gasteiger partial charge < -0.3 is 9.31 Å². The summed E-state index contributed by atoms with van der Waals surface area (Å²) in [5, 5.41) is 0. The van der Waals surface area contributed by atoms with Crippen LogP contribution in [0.5, 0.6) is 0 Å². The van der Waals surface area contributed by atoms with Crippen LogP contribution in [0.25, 0.3) is 6.08 Å². The van der Waals surface area contributed by atoms with E-state index in [4.69, 9.17) is 18.9 Å². The molecule has 0 N–H and O–H groups in total. The highest BCUT2D eigenvalue weighted by atomic mass is 16.7. The van der Waals surface area contributed by atoms with Gasteiger partial charge in [-0.15, -0.1) is 0 Å². The van der Waals surface area contributed by atoms with Gasteiger partial charge in [-0.25, -0.2) is 0 Å². The monoisotopic (exact) mass is 316 g/mol. The van der Waals surface area contributed by atoms with Crippen molar-refractivity contribution in [1.29, 1.82) is 0 Å². The Kier molecular flexibility index (Phi) is 6.52. The first-order valence-corrected chi connectivity index (χ1v) is 7.80. The third-order valence-corrected chi connectivity index (χ3v) is 4.35. The fourth-order valence-corrected chi connectivity index (χ4v) is 2.26. The van der Waals surface area contributed by atoms with E-state index in [1.165, 1.54) is 11.1 Å². The second-order valence-corrected chi connectivity index (χ2v) is 6.60. The summed E-state index contributed by atoms with van der Waals surface area (Å²) in [5.41, 5.74) is 3.03. The predicted octanol–water partition coefficient (Wildman–Crippen LogP) is 3.13.